The highest BCUT2D eigenvalue weighted by Gasteiger charge is 1.88. The van der Waals surface area contributed by atoms with E-state index in [0.717, 1.165) is 5.92 Å². The van der Waals surface area contributed by atoms with Crippen molar-refractivity contribution in [2.75, 3.05) is 0 Å². The summed E-state index contributed by atoms with van der Waals surface area (Å²) in [5, 5.41) is 0. The fraction of sp³-hybridized carbons (Fsp3) is 0.588. The van der Waals surface area contributed by atoms with Crippen molar-refractivity contribution >= 4 is 5.91 Å². The summed E-state index contributed by atoms with van der Waals surface area (Å²) in [5.74, 6) is 0.551. The van der Waals surface area contributed by atoms with Gasteiger partial charge < -0.3 is 5.73 Å². The zero-order chi connectivity index (χ0) is 15.3. The van der Waals surface area contributed by atoms with Crippen LogP contribution in [0, 0.1) is 12.8 Å². The van der Waals surface area contributed by atoms with Gasteiger partial charge in [-0.05, 0) is 24.8 Å². The second kappa shape index (κ2) is 13.1. The zero-order valence-corrected chi connectivity index (χ0v) is 13.5. The van der Waals surface area contributed by atoms with Gasteiger partial charge in [0.2, 0.25) is 5.91 Å². The van der Waals surface area contributed by atoms with Crippen molar-refractivity contribution < 1.29 is 4.79 Å². The number of primary amides is 1. The molecule has 2 heteroatoms. The number of nitrogens with two attached hydrogens (primary N) is 1. The number of amides is 1. The lowest BCUT2D eigenvalue weighted by Crippen LogP contribution is -2.01. The molecule has 0 heterocycles. The van der Waals surface area contributed by atoms with Gasteiger partial charge in [0, 0.05) is 6.92 Å². The molecular weight excluding hydrogens is 234 g/mol. The van der Waals surface area contributed by atoms with Crippen LogP contribution in [0.2, 0.25) is 0 Å². The lowest BCUT2D eigenvalue weighted by Gasteiger charge is -1.97. The van der Waals surface area contributed by atoms with Crippen LogP contribution < -0.4 is 5.73 Å². The van der Waals surface area contributed by atoms with E-state index in [2.05, 4.69) is 64.6 Å². The van der Waals surface area contributed by atoms with E-state index in [1.165, 1.54) is 37.3 Å². The number of hydrogen-bond acceptors (Lipinski definition) is 1. The Kier molecular flexibility index (Phi) is 13.8. The Bertz CT molecular complexity index is 328. The molecule has 0 aliphatic carbocycles. The molecule has 0 aromatic heterocycles. The van der Waals surface area contributed by atoms with E-state index in [-0.39, 0.29) is 5.91 Å². The first-order valence-corrected chi connectivity index (χ1v) is 7.14. The lowest BCUT2D eigenvalue weighted by atomic mass is 10.1. The highest BCUT2D eigenvalue weighted by Crippen LogP contribution is 2.05. The first-order chi connectivity index (χ1) is 8.83. The van der Waals surface area contributed by atoms with Gasteiger partial charge in [0.25, 0.3) is 0 Å². The summed E-state index contributed by atoms with van der Waals surface area (Å²) in [4.78, 5) is 9.22. The summed E-state index contributed by atoms with van der Waals surface area (Å²) in [6.07, 6.45) is 3.76. The van der Waals surface area contributed by atoms with Crippen LogP contribution in [0.5, 0.6) is 0 Å². The molecule has 0 aliphatic heterocycles. The van der Waals surface area contributed by atoms with Gasteiger partial charge in [-0.15, -0.1) is 0 Å². The molecule has 2 nitrogen and oxygen atoms in total. The summed E-state index contributed by atoms with van der Waals surface area (Å²) >= 11 is 0. The first kappa shape index (κ1) is 20.0. The SMILES string of the molecule is CC(N)=O.CCC(C)C.CCCc1cccc(C)c1. The van der Waals surface area contributed by atoms with Crippen molar-refractivity contribution in [2.24, 2.45) is 11.7 Å². The van der Waals surface area contributed by atoms with Crippen molar-refractivity contribution in [2.45, 2.75) is 60.8 Å². The molecular formula is C17H31NO. The van der Waals surface area contributed by atoms with Crippen LogP contribution in [-0.4, -0.2) is 5.91 Å². The number of carbonyl (C=O) groups is 1. The van der Waals surface area contributed by atoms with Gasteiger partial charge in [0.05, 0.1) is 0 Å². The highest BCUT2D eigenvalue weighted by atomic mass is 16.1. The number of rotatable bonds is 3. The van der Waals surface area contributed by atoms with E-state index in [4.69, 9.17) is 0 Å². The van der Waals surface area contributed by atoms with E-state index >= 15 is 0 Å². The van der Waals surface area contributed by atoms with Crippen molar-refractivity contribution in [3.8, 4) is 0 Å². The van der Waals surface area contributed by atoms with E-state index in [9.17, 15) is 4.79 Å². The zero-order valence-electron chi connectivity index (χ0n) is 13.5. The van der Waals surface area contributed by atoms with E-state index in [0.29, 0.717) is 0 Å². The minimum absolute atomic E-state index is 0.333. The van der Waals surface area contributed by atoms with Gasteiger partial charge in [-0.2, -0.15) is 0 Å². The largest absolute Gasteiger partial charge is 0.370 e. The van der Waals surface area contributed by atoms with Crippen molar-refractivity contribution in [1.29, 1.82) is 0 Å². The fourth-order valence-corrected chi connectivity index (χ4v) is 1.16. The van der Waals surface area contributed by atoms with Gasteiger partial charge >= 0.3 is 0 Å². The standard InChI is InChI=1S/C10H14.C5H12.C2H5NO/c1-3-5-10-7-4-6-9(2)8-10;1-4-5(2)3;1-2(3)4/h4,6-8H,3,5H2,1-2H3;5H,4H2,1-3H3;1H3,(H2,3,4). The lowest BCUT2D eigenvalue weighted by molar-refractivity contribution is -0.115. The average molecular weight is 265 g/mol. The number of carbonyl (C=O) groups excluding carboxylic acids is 1. The van der Waals surface area contributed by atoms with Crippen LogP contribution in [0.1, 0.15) is 58.6 Å². The summed E-state index contributed by atoms with van der Waals surface area (Å²) in [6, 6.07) is 8.71. The smallest absolute Gasteiger partial charge is 0.214 e. The third-order valence-electron chi connectivity index (χ3n) is 2.44. The average Bonchev–Trinajstić information content (AvgIpc) is 2.29. The molecule has 1 aromatic rings. The molecule has 1 aromatic carbocycles. The third-order valence-corrected chi connectivity index (χ3v) is 2.44. The van der Waals surface area contributed by atoms with Gasteiger partial charge in [-0.3, -0.25) is 4.79 Å². The second-order valence-corrected chi connectivity index (χ2v) is 5.15. The molecule has 2 N–H and O–H groups in total. The van der Waals surface area contributed by atoms with Crippen LogP contribution >= 0.6 is 0 Å². The molecule has 110 valence electrons. The van der Waals surface area contributed by atoms with Gasteiger partial charge in [-0.1, -0.05) is 70.4 Å². The van der Waals surface area contributed by atoms with E-state index in [1.54, 1.807) is 0 Å². The van der Waals surface area contributed by atoms with Crippen LogP contribution in [0.25, 0.3) is 0 Å². The first-order valence-electron chi connectivity index (χ1n) is 7.14. The molecule has 1 amide bonds. The molecule has 0 aliphatic rings. The third kappa shape index (κ3) is 19.2. The Hall–Kier alpha value is -1.31. The maximum Gasteiger partial charge on any atom is 0.214 e. The Morgan fingerprint density at radius 2 is 1.74 bits per heavy atom. The minimum atomic E-state index is -0.333. The molecule has 0 radical (unpaired) electrons. The Balaban J connectivity index is 0. The molecule has 0 unspecified atom stereocenters. The molecule has 0 saturated heterocycles. The van der Waals surface area contributed by atoms with E-state index < -0.39 is 0 Å². The van der Waals surface area contributed by atoms with Crippen LogP contribution in [0.3, 0.4) is 0 Å². The van der Waals surface area contributed by atoms with Gasteiger partial charge in [0.1, 0.15) is 0 Å². The summed E-state index contributed by atoms with van der Waals surface area (Å²) in [7, 11) is 0. The van der Waals surface area contributed by atoms with Crippen LogP contribution in [0.15, 0.2) is 24.3 Å². The molecule has 1 rings (SSSR count). The molecule has 0 atom stereocenters. The van der Waals surface area contributed by atoms with Crippen molar-refractivity contribution in [3.63, 3.8) is 0 Å². The second-order valence-electron chi connectivity index (χ2n) is 5.15. The van der Waals surface area contributed by atoms with Crippen LogP contribution in [0.4, 0.5) is 0 Å². The number of hydrogen-bond donors (Lipinski definition) is 1. The quantitative estimate of drug-likeness (QED) is 0.859. The Labute approximate surface area is 119 Å². The van der Waals surface area contributed by atoms with Gasteiger partial charge in [0.15, 0.2) is 0 Å². The molecule has 0 spiro atoms. The number of benzene rings is 1. The minimum Gasteiger partial charge on any atom is -0.370 e. The van der Waals surface area contributed by atoms with Crippen molar-refractivity contribution in [1.82, 2.24) is 0 Å². The molecule has 0 fully saturated rings. The summed E-state index contributed by atoms with van der Waals surface area (Å²) < 4.78 is 0. The molecule has 0 bridgehead atoms. The monoisotopic (exact) mass is 265 g/mol. The Morgan fingerprint density at radius 1 is 1.26 bits per heavy atom. The summed E-state index contributed by atoms with van der Waals surface area (Å²) in [5.41, 5.74) is 7.30. The fourth-order valence-electron chi connectivity index (χ4n) is 1.16. The Morgan fingerprint density at radius 3 is 2.05 bits per heavy atom. The van der Waals surface area contributed by atoms with Crippen LogP contribution in [-0.2, 0) is 11.2 Å². The summed E-state index contributed by atoms with van der Waals surface area (Å²) in [6.45, 7) is 12.3. The predicted octanol–water partition coefficient (Wildman–Crippen LogP) is 4.49. The van der Waals surface area contributed by atoms with Gasteiger partial charge in [-0.25, -0.2) is 0 Å². The maximum atomic E-state index is 9.22. The number of aryl methyl sites for hydroxylation is 2. The van der Waals surface area contributed by atoms with E-state index in [1.807, 2.05) is 0 Å². The normalized spacial score (nSPS) is 9.00. The topological polar surface area (TPSA) is 43.1 Å². The maximum absolute atomic E-state index is 9.22. The predicted molar refractivity (Wildman–Crippen MR) is 85.2 cm³/mol. The highest BCUT2D eigenvalue weighted by molar-refractivity contribution is 5.70. The van der Waals surface area contributed by atoms with Crippen molar-refractivity contribution in [3.05, 3.63) is 35.4 Å². The molecule has 19 heavy (non-hydrogen) atoms. The molecule has 0 saturated carbocycles.